The molecule has 2 aromatic carbocycles. The van der Waals surface area contributed by atoms with Gasteiger partial charge in [-0.15, -0.1) is 0 Å². The van der Waals surface area contributed by atoms with Crippen molar-refractivity contribution < 1.29 is 23.5 Å². The molecule has 1 saturated carbocycles. The maximum Gasteiger partial charge on any atom is 0.325 e. The van der Waals surface area contributed by atoms with Gasteiger partial charge in [0.2, 0.25) is 5.91 Å². The van der Waals surface area contributed by atoms with Crippen LogP contribution in [0.2, 0.25) is 0 Å². The first-order valence-electron chi connectivity index (χ1n) is 10.4. The van der Waals surface area contributed by atoms with Gasteiger partial charge in [0.1, 0.15) is 22.9 Å². The first-order valence-corrected chi connectivity index (χ1v) is 10.4. The molecule has 2 aromatic rings. The van der Waals surface area contributed by atoms with E-state index in [0.717, 1.165) is 23.3 Å². The Morgan fingerprint density at radius 3 is 2.29 bits per heavy atom. The van der Waals surface area contributed by atoms with Gasteiger partial charge in [-0.3, -0.25) is 14.5 Å². The number of nitrogens with zero attached hydrogens (tertiary/aromatic N) is 1. The Balaban J connectivity index is 1.23. The minimum absolute atomic E-state index is 0.0565. The molecule has 1 saturated heterocycles. The number of carbonyl (C=O) groups excluding carboxylic acids is 3. The largest absolute Gasteiger partial charge is 0.457 e. The molecule has 0 aromatic heterocycles. The van der Waals surface area contributed by atoms with Crippen LogP contribution in [0.25, 0.3) is 0 Å². The number of nitrogens with one attached hydrogen (secondary N) is 2. The van der Waals surface area contributed by atoms with Gasteiger partial charge in [0.05, 0.1) is 0 Å². The Hall–Kier alpha value is -3.42. The van der Waals surface area contributed by atoms with E-state index in [0.29, 0.717) is 30.9 Å². The predicted molar refractivity (Wildman–Crippen MR) is 111 cm³/mol. The molecule has 0 unspecified atom stereocenters. The van der Waals surface area contributed by atoms with Crippen molar-refractivity contribution in [3.63, 3.8) is 0 Å². The fourth-order valence-electron chi connectivity index (χ4n) is 4.01. The number of hydrogen-bond acceptors (Lipinski definition) is 4. The Morgan fingerprint density at radius 1 is 1.03 bits per heavy atom. The van der Waals surface area contributed by atoms with E-state index >= 15 is 0 Å². The zero-order chi connectivity index (χ0) is 21.8. The summed E-state index contributed by atoms with van der Waals surface area (Å²) in [6.45, 7) is 0.391. The van der Waals surface area contributed by atoms with Crippen LogP contribution in [0.3, 0.4) is 0 Å². The van der Waals surface area contributed by atoms with Crippen LogP contribution in [0.1, 0.15) is 37.7 Å². The summed E-state index contributed by atoms with van der Waals surface area (Å²) in [4.78, 5) is 38.1. The topological polar surface area (TPSA) is 87.7 Å². The lowest BCUT2D eigenvalue weighted by atomic mass is 9.98. The van der Waals surface area contributed by atoms with Gasteiger partial charge in [0, 0.05) is 19.5 Å². The highest BCUT2D eigenvalue weighted by molar-refractivity contribution is 6.07. The molecule has 2 aliphatic rings. The highest BCUT2D eigenvalue weighted by Crippen LogP contribution is 2.35. The van der Waals surface area contributed by atoms with Gasteiger partial charge in [0.15, 0.2) is 0 Å². The third-order valence-electron chi connectivity index (χ3n) is 5.73. The van der Waals surface area contributed by atoms with Gasteiger partial charge in [-0.2, -0.15) is 0 Å². The van der Waals surface area contributed by atoms with E-state index in [1.165, 1.54) is 12.1 Å². The maximum atomic E-state index is 12.9. The summed E-state index contributed by atoms with van der Waals surface area (Å²) in [5.41, 5.74) is 0.130. The molecule has 4 rings (SSSR count). The Labute approximate surface area is 179 Å². The summed E-state index contributed by atoms with van der Waals surface area (Å²) >= 11 is 0. The average Bonchev–Trinajstić information content (AvgIpc) is 3.32. The minimum atomic E-state index is -0.745. The molecule has 1 aliphatic carbocycles. The van der Waals surface area contributed by atoms with Crippen molar-refractivity contribution in [1.82, 2.24) is 15.5 Å². The van der Waals surface area contributed by atoms with Gasteiger partial charge >= 0.3 is 6.03 Å². The number of urea groups is 1. The van der Waals surface area contributed by atoms with Crippen LogP contribution in [0, 0.1) is 5.82 Å². The summed E-state index contributed by atoms with van der Waals surface area (Å²) in [7, 11) is 0. The lowest BCUT2D eigenvalue weighted by Gasteiger charge is -2.19. The van der Waals surface area contributed by atoms with E-state index in [2.05, 4.69) is 10.6 Å². The molecule has 0 radical (unpaired) electrons. The van der Waals surface area contributed by atoms with E-state index in [1.54, 1.807) is 24.3 Å². The number of rotatable bonds is 7. The highest BCUT2D eigenvalue weighted by Gasteiger charge is 2.52. The Morgan fingerprint density at radius 2 is 1.65 bits per heavy atom. The number of carbonyl (C=O) groups is 3. The highest BCUT2D eigenvalue weighted by atomic mass is 19.1. The van der Waals surface area contributed by atoms with Gasteiger partial charge in [-0.25, -0.2) is 9.18 Å². The lowest BCUT2D eigenvalue weighted by Crippen LogP contribution is -2.44. The van der Waals surface area contributed by atoms with Crippen molar-refractivity contribution in [3.8, 4) is 11.5 Å². The van der Waals surface area contributed by atoms with Gasteiger partial charge in [-0.1, -0.05) is 25.0 Å². The van der Waals surface area contributed by atoms with E-state index < -0.39 is 11.6 Å². The number of benzene rings is 2. The number of hydrogen-bond donors (Lipinski definition) is 2. The summed E-state index contributed by atoms with van der Waals surface area (Å²) in [5.74, 6) is 0.355. The molecule has 4 amide bonds. The quantitative estimate of drug-likeness (QED) is 0.665. The van der Waals surface area contributed by atoms with Crippen molar-refractivity contribution in [3.05, 3.63) is 59.9 Å². The molecular weight excluding hydrogens is 401 g/mol. The van der Waals surface area contributed by atoms with Gasteiger partial charge < -0.3 is 15.4 Å². The molecule has 2 fully saturated rings. The maximum absolute atomic E-state index is 12.9. The molecule has 0 bridgehead atoms. The third kappa shape index (κ3) is 4.68. The Bertz CT molecular complexity index is 969. The second-order valence-corrected chi connectivity index (χ2v) is 7.90. The molecular formula is C23H24FN3O4. The predicted octanol–water partition coefficient (Wildman–Crippen LogP) is 3.49. The standard InChI is InChI=1S/C23H24FN3O4/c24-17-5-9-19(10-6-17)31-18-7-3-16(4-8-18)15-25-20(28)11-14-27-21(29)23(26-22(27)30)12-1-2-13-23/h3-10H,1-2,11-15H2,(H,25,28)(H,26,30). The SMILES string of the molecule is O=C(CCN1C(=O)NC2(CCCC2)C1=O)NCc1ccc(Oc2ccc(F)cc2)cc1. The molecule has 1 spiro atoms. The van der Waals surface area contributed by atoms with Crippen molar-refractivity contribution in [2.75, 3.05) is 6.54 Å². The molecule has 7 nitrogen and oxygen atoms in total. The number of halogens is 1. The number of amides is 4. The first-order chi connectivity index (χ1) is 14.9. The van der Waals surface area contributed by atoms with Crippen LogP contribution in [-0.4, -0.2) is 34.8 Å². The molecule has 1 heterocycles. The average molecular weight is 425 g/mol. The Kier molecular flexibility index (Phi) is 5.88. The lowest BCUT2D eigenvalue weighted by molar-refractivity contribution is -0.131. The van der Waals surface area contributed by atoms with E-state index in [1.807, 2.05) is 12.1 Å². The van der Waals surface area contributed by atoms with E-state index in [4.69, 9.17) is 4.74 Å². The van der Waals surface area contributed by atoms with Crippen LogP contribution in [0.15, 0.2) is 48.5 Å². The van der Waals surface area contributed by atoms with Crippen LogP contribution in [0.4, 0.5) is 9.18 Å². The molecule has 2 N–H and O–H groups in total. The first kappa shape index (κ1) is 20.8. The number of ether oxygens (including phenoxy) is 1. The fourth-order valence-corrected chi connectivity index (χ4v) is 4.01. The normalized spacial score (nSPS) is 17.1. The van der Waals surface area contributed by atoms with Crippen molar-refractivity contribution in [2.45, 2.75) is 44.2 Å². The number of imide groups is 1. The summed E-state index contributed by atoms with van der Waals surface area (Å²) in [6.07, 6.45) is 3.24. The van der Waals surface area contributed by atoms with Gasteiger partial charge in [-0.05, 0) is 54.8 Å². The van der Waals surface area contributed by atoms with Crippen LogP contribution in [0.5, 0.6) is 11.5 Å². The summed E-state index contributed by atoms with van der Waals surface area (Å²) in [6, 6.07) is 12.5. The smallest absolute Gasteiger partial charge is 0.325 e. The van der Waals surface area contributed by atoms with Crippen molar-refractivity contribution >= 4 is 17.8 Å². The van der Waals surface area contributed by atoms with Gasteiger partial charge in [0.25, 0.3) is 5.91 Å². The minimum Gasteiger partial charge on any atom is -0.457 e. The van der Waals surface area contributed by atoms with Crippen molar-refractivity contribution in [1.29, 1.82) is 0 Å². The second-order valence-electron chi connectivity index (χ2n) is 7.90. The van der Waals surface area contributed by atoms with E-state index in [-0.39, 0.29) is 30.6 Å². The zero-order valence-electron chi connectivity index (χ0n) is 17.0. The molecule has 1 aliphatic heterocycles. The molecule has 31 heavy (non-hydrogen) atoms. The zero-order valence-corrected chi connectivity index (χ0v) is 17.0. The van der Waals surface area contributed by atoms with Crippen LogP contribution in [-0.2, 0) is 16.1 Å². The molecule has 0 atom stereocenters. The monoisotopic (exact) mass is 425 g/mol. The molecule has 8 heteroatoms. The summed E-state index contributed by atoms with van der Waals surface area (Å²) < 4.78 is 18.6. The molecule has 162 valence electrons. The van der Waals surface area contributed by atoms with Crippen LogP contribution >= 0.6 is 0 Å². The second kappa shape index (κ2) is 8.75. The third-order valence-corrected chi connectivity index (χ3v) is 5.73. The van der Waals surface area contributed by atoms with Crippen LogP contribution < -0.4 is 15.4 Å². The van der Waals surface area contributed by atoms with Crippen molar-refractivity contribution in [2.24, 2.45) is 0 Å². The fraction of sp³-hybridized carbons (Fsp3) is 0.348. The van der Waals surface area contributed by atoms with E-state index in [9.17, 15) is 18.8 Å². The summed E-state index contributed by atoms with van der Waals surface area (Å²) in [5, 5.41) is 5.61.